The summed E-state index contributed by atoms with van der Waals surface area (Å²) in [5, 5.41) is 0. The Morgan fingerprint density at radius 1 is 1.06 bits per heavy atom. The molecule has 2 heteroatoms. The third-order valence-corrected chi connectivity index (χ3v) is 11.3. The van der Waals surface area contributed by atoms with Crippen LogP contribution in [0.3, 0.4) is 0 Å². The molecule has 3 saturated carbocycles. The smallest absolute Gasteiger partial charge is 0.309 e. The average Bonchev–Trinajstić information content (AvgIpc) is 3.18. The van der Waals surface area contributed by atoms with Gasteiger partial charge in [0.15, 0.2) is 0 Å². The molecule has 0 aromatic carbocycles. The van der Waals surface area contributed by atoms with Crippen molar-refractivity contribution < 1.29 is 9.53 Å². The standard InChI is InChI=1S/C30H50O2/c1-19(2)10-9-11-20(3)22-13-14-23-21-12-15-26-28(4,5)25(27(31)32-8)18-30(26,7)24(21)16-17-29(22,23)6/h15,19-25H,9-14,16-18H2,1-8H3/t20-,21+,22+,23+,24+,25+,29-,30+/m1/s1. The van der Waals surface area contributed by atoms with Crippen molar-refractivity contribution in [2.75, 3.05) is 7.11 Å². The molecule has 3 fully saturated rings. The SMILES string of the molecule is COC(=O)[C@@H]1C[C@]2(C)C(=CC[C@H]3[C@@H]4CC[C@@H]([C@H](C)CCCC(C)C)[C@@]4(C)CC[C@@H]32)C1(C)C. The normalized spacial score (nSPS) is 43.3. The van der Waals surface area contributed by atoms with E-state index >= 15 is 0 Å². The highest BCUT2D eigenvalue weighted by Gasteiger charge is 2.64. The van der Waals surface area contributed by atoms with Gasteiger partial charge < -0.3 is 4.74 Å². The van der Waals surface area contributed by atoms with Crippen LogP contribution in [0.2, 0.25) is 0 Å². The zero-order valence-electron chi connectivity index (χ0n) is 22.3. The molecule has 0 aromatic heterocycles. The largest absolute Gasteiger partial charge is 0.469 e. The van der Waals surface area contributed by atoms with Crippen molar-refractivity contribution in [3.63, 3.8) is 0 Å². The molecule has 2 nitrogen and oxygen atoms in total. The molecule has 0 radical (unpaired) electrons. The predicted octanol–water partition coefficient (Wildman–Crippen LogP) is 8.06. The summed E-state index contributed by atoms with van der Waals surface area (Å²) in [5.41, 5.74) is 2.20. The van der Waals surface area contributed by atoms with Crippen LogP contribution in [0, 0.1) is 57.7 Å². The average molecular weight is 443 g/mol. The fraction of sp³-hybridized carbons (Fsp3) is 0.900. The van der Waals surface area contributed by atoms with Gasteiger partial charge in [-0.1, -0.05) is 79.4 Å². The summed E-state index contributed by atoms with van der Waals surface area (Å²) in [6, 6.07) is 0. The first-order valence-corrected chi connectivity index (χ1v) is 13.8. The van der Waals surface area contributed by atoms with Crippen LogP contribution in [-0.2, 0) is 9.53 Å². The lowest BCUT2D eigenvalue weighted by atomic mass is 9.48. The van der Waals surface area contributed by atoms with Crippen LogP contribution < -0.4 is 0 Å². The van der Waals surface area contributed by atoms with Crippen molar-refractivity contribution in [1.29, 1.82) is 0 Å². The van der Waals surface area contributed by atoms with Gasteiger partial charge in [0.25, 0.3) is 0 Å². The fourth-order valence-corrected chi connectivity index (χ4v) is 9.77. The van der Waals surface area contributed by atoms with E-state index in [2.05, 4.69) is 54.5 Å². The molecule has 0 N–H and O–H groups in total. The van der Waals surface area contributed by atoms with E-state index in [-0.39, 0.29) is 22.7 Å². The maximum absolute atomic E-state index is 12.7. The number of ether oxygens (including phenoxy) is 1. The number of hydrogen-bond acceptors (Lipinski definition) is 2. The first-order chi connectivity index (χ1) is 15.0. The zero-order chi connectivity index (χ0) is 23.5. The molecule has 4 rings (SSSR count). The number of rotatable bonds is 6. The Kier molecular flexibility index (Phi) is 6.43. The lowest BCUT2D eigenvalue weighted by Crippen LogP contribution is -2.49. The predicted molar refractivity (Wildman–Crippen MR) is 133 cm³/mol. The number of carbonyl (C=O) groups is 1. The van der Waals surface area contributed by atoms with E-state index in [1.54, 1.807) is 12.7 Å². The van der Waals surface area contributed by atoms with Gasteiger partial charge in [-0.2, -0.15) is 0 Å². The zero-order valence-corrected chi connectivity index (χ0v) is 22.3. The maximum Gasteiger partial charge on any atom is 0.309 e. The third kappa shape index (κ3) is 3.61. The summed E-state index contributed by atoms with van der Waals surface area (Å²) < 4.78 is 5.26. The Balaban J connectivity index is 1.54. The van der Waals surface area contributed by atoms with E-state index in [9.17, 15) is 4.79 Å². The van der Waals surface area contributed by atoms with Crippen LogP contribution in [-0.4, -0.2) is 13.1 Å². The molecule has 0 aromatic rings. The Morgan fingerprint density at radius 2 is 1.78 bits per heavy atom. The highest BCUT2D eigenvalue weighted by atomic mass is 16.5. The quantitative estimate of drug-likeness (QED) is 0.307. The number of fused-ring (bicyclic) bond motifs is 5. The van der Waals surface area contributed by atoms with Gasteiger partial charge in [-0.05, 0) is 90.3 Å². The summed E-state index contributed by atoms with van der Waals surface area (Å²) in [7, 11) is 1.56. The highest BCUT2D eigenvalue weighted by molar-refractivity contribution is 5.75. The maximum atomic E-state index is 12.7. The number of carbonyl (C=O) groups excluding carboxylic acids is 1. The summed E-state index contributed by atoms with van der Waals surface area (Å²) in [6.07, 6.45) is 14.6. The van der Waals surface area contributed by atoms with Gasteiger partial charge in [-0.3, -0.25) is 4.79 Å². The number of allylic oxidation sites excluding steroid dienone is 2. The van der Waals surface area contributed by atoms with Gasteiger partial charge in [0.1, 0.15) is 0 Å². The van der Waals surface area contributed by atoms with Crippen LogP contribution in [0.4, 0.5) is 0 Å². The third-order valence-electron chi connectivity index (χ3n) is 11.3. The summed E-state index contributed by atoms with van der Waals surface area (Å²) in [4.78, 5) is 12.7. The lowest BCUT2D eigenvalue weighted by Gasteiger charge is -2.56. The van der Waals surface area contributed by atoms with Crippen molar-refractivity contribution in [3.8, 4) is 0 Å². The first kappa shape index (κ1) is 24.3. The highest BCUT2D eigenvalue weighted by Crippen LogP contribution is 2.71. The Morgan fingerprint density at radius 3 is 2.44 bits per heavy atom. The lowest BCUT2D eigenvalue weighted by molar-refractivity contribution is -0.148. The van der Waals surface area contributed by atoms with Gasteiger partial charge >= 0.3 is 5.97 Å². The topological polar surface area (TPSA) is 26.3 Å². The summed E-state index contributed by atoms with van der Waals surface area (Å²) >= 11 is 0. The van der Waals surface area contributed by atoms with Gasteiger partial charge in [0.2, 0.25) is 0 Å². The molecule has 0 unspecified atom stereocenters. The van der Waals surface area contributed by atoms with Crippen molar-refractivity contribution in [2.45, 2.75) is 106 Å². The van der Waals surface area contributed by atoms with Gasteiger partial charge in [0, 0.05) is 0 Å². The summed E-state index contributed by atoms with van der Waals surface area (Å²) in [5.74, 6) is 5.02. The van der Waals surface area contributed by atoms with Crippen LogP contribution >= 0.6 is 0 Å². The molecule has 0 bridgehead atoms. The minimum atomic E-state index is -0.0727. The monoisotopic (exact) mass is 442 g/mol. The number of esters is 1. The summed E-state index contributed by atoms with van der Waals surface area (Å²) in [6.45, 7) is 17.0. The van der Waals surface area contributed by atoms with Gasteiger partial charge in [-0.15, -0.1) is 0 Å². The van der Waals surface area contributed by atoms with E-state index in [0.717, 1.165) is 41.9 Å². The van der Waals surface area contributed by atoms with Crippen LogP contribution in [0.5, 0.6) is 0 Å². The van der Waals surface area contributed by atoms with E-state index in [0.29, 0.717) is 5.41 Å². The molecular formula is C30H50O2. The van der Waals surface area contributed by atoms with E-state index in [4.69, 9.17) is 4.74 Å². The second-order valence-electron chi connectivity index (χ2n) is 13.7. The molecule has 182 valence electrons. The molecule has 4 aliphatic rings. The van der Waals surface area contributed by atoms with Crippen molar-refractivity contribution in [3.05, 3.63) is 11.6 Å². The second-order valence-corrected chi connectivity index (χ2v) is 13.7. The van der Waals surface area contributed by atoms with E-state index < -0.39 is 0 Å². The van der Waals surface area contributed by atoms with Crippen LogP contribution in [0.25, 0.3) is 0 Å². The van der Waals surface area contributed by atoms with Crippen molar-refractivity contribution in [2.24, 2.45) is 57.7 Å². The van der Waals surface area contributed by atoms with Gasteiger partial charge in [-0.25, -0.2) is 0 Å². The van der Waals surface area contributed by atoms with Crippen molar-refractivity contribution >= 4 is 5.97 Å². The van der Waals surface area contributed by atoms with Crippen LogP contribution in [0.1, 0.15) is 106 Å². The Hall–Kier alpha value is -0.790. The fourth-order valence-electron chi connectivity index (χ4n) is 9.77. The second kappa shape index (κ2) is 8.46. The number of hydrogen-bond donors (Lipinski definition) is 0. The van der Waals surface area contributed by atoms with E-state index in [1.165, 1.54) is 51.4 Å². The molecular weight excluding hydrogens is 392 g/mol. The molecule has 0 aliphatic heterocycles. The minimum Gasteiger partial charge on any atom is -0.469 e. The van der Waals surface area contributed by atoms with Crippen molar-refractivity contribution in [1.82, 2.24) is 0 Å². The Labute approximate surface area is 198 Å². The van der Waals surface area contributed by atoms with Gasteiger partial charge in [0.05, 0.1) is 13.0 Å². The molecule has 0 spiro atoms. The molecule has 0 amide bonds. The first-order valence-electron chi connectivity index (χ1n) is 13.8. The van der Waals surface area contributed by atoms with Crippen LogP contribution in [0.15, 0.2) is 11.6 Å². The minimum absolute atomic E-state index is 0.000115. The molecule has 0 heterocycles. The van der Waals surface area contributed by atoms with E-state index in [1.807, 2.05) is 0 Å². The molecule has 8 atom stereocenters. The molecule has 4 aliphatic carbocycles. The Bertz CT molecular complexity index is 748. The number of methoxy groups -OCH3 is 1. The molecule has 0 saturated heterocycles. The molecule has 32 heavy (non-hydrogen) atoms.